The van der Waals surface area contributed by atoms with Crippen molar-refractivity contribution in [1.29, 1.82) is 0 Å². The second-order valence-corrected chi connectivity index (χ2v) is 3.37. The standard InChI is InChI=1S/C10H12ClNO4/c1-15-10(7-11,16-2)8-3-5-9(6-4-8)12(13)14/h3-6H,7H2,1-2H3. The number of rotatable bonds is 5. The van der Waals surface area contributed by atoms with Crippen molar-refractivity contribution >= 4 is 17.3 Å². The Morgan fingerprint density at radius 3 is 2.12 bits per heavy atom. The highest BCUT2D eigenvalue weighted by Crippen LogP contribution is 2.28. The van der Waals surface area contributed by atoms with E-state index in [0.29, 0.717) is 5.56 Å². The summed E-state index contributed by atoms with van der Waals surface area (Å²) in [5, 5.41) is 10.5. The molecule has 0 N–H and O–H groups in total. The van der Waals surface area contributed by atoms with E-state index < -0.39 is 10.7 Å². The number of nitro benzene ring substituents is 1. The van der Waals surface area contributed by atoms with E-state index >= 15 is 0 Å². The van der Waals surface area contributed by atoms with Gasteiger partial charge in [0, 0.05) is 31.9 Å². The summed E-state index contributed by atoms with van der Waals surface area (Å²) in [6.07, 6.45) is 0. The molecule has 88 valence electrons. The Labute approximate surface area is 98.1 Å². The lowest BCUT2D eigenvalue weighted by molar-refractivity contribution is -0.384. The molecule has 0 saturated heterocycles. The molecule has 0 heterocycles. The Balaban J connectivity index is 3.08. The van der Waals surface area contributed by atoms with Crippen LogP contribution in [0.25, 0.3) is 0 Å². The average molecular weight is 246 g/mol. The summed E-state index contributed by atoms with van der Waals surface area (Å²) in [7, 11) is 2.93. The maximum atomic E-state index is 10.5. The zero-order chi connectivity index (χ0) is 12.2. The van der Waals surface area contributed by atoms with Gasteiger partial charge in [0.2, 0.25) is 5.79 Å². The first-order chi connectivity index (χ1) is 7.59. The normalized spacial score (nSPS) is 11.4. The minimum Gasteiger partial charge on any atom is -0.348 e. The van der Waals surface area contributed by atoms with Gasteiger partial charge >= 0.3 is 0 Å². The molecular formula is C10H12ClNO4. The highest BCUT2D eigenvalue weighted by Gasteiger charge is 2.31. The van der Waals surface area contributed by atoms with E-state index in [-0.39, 0.29) is 11.6 Å². The third-order valence-electron chi connectivity index (χ3n) is 2.35. The van der Waals surface area contributed by atoms with Crippen LogP contribution in [0.4, 0.5) is 5.69 Å². The molecular weight excluding hydrogens is 234 g/mol. The number of nitrogens with zero attached hydrogens (tertiary/aromatic N) is 1. The van der Waals surface area contributed by atoms with Gasteiger partial charge in [-0.1, -0.05) is 0 Å². The van der Waals surface area contributed by atoms with Gasteiger partial charge in [-0.3, -0.25) is 10.1 Å². The number of alkyl halides is 1. The summed E-state index contributed by atoms with van der Waals surface area (Å²) < 4.78 is 10.4. The molecule has 0 aliphatic carbocycles. The fraction of sp³-hybridized carbons (Fsp3) is 0.400. The summed E-state index contributed by atoms with van der Waals surface area (Å²) in [6.45, 7) is 0. The van der Waals surface area contributed by atoms with Crippen molar-refractivity contribution in [2.45, 2.75) is 5.79 Å². The number of benzene rings is 1. The third kappa shape index (κ3) is 2.32. The van der Waals surface area contributed by atoms with Crippen LogP contribution in [0.3, 0.4) is 0 Å². The lowest BCUT2D eigenvalue weighted by Crippen LogP contribution is -2.32. The molecule has 0 spiro atoms. The number of halogens is 1. The van der Waals surface area contributed by atoms with Gasteiger partial charge in [0.1, 0.15) is 0 Å². The first-order valence-corrected chi connectivity index (χ1v) is 5.04. The van der Waals surface area contributed by atoms with E-state index in [1.807, 2.05) is 0 Å². The number of ether oxygens (including phenoxy) is 2. The van der Waals surface area contributed by atoms with Crippen LogP contribution in [-0.2, 0) is 15.3 Å². The van der Waals surface area contributed by atoms with Crippen molar-refractivity contribution in [2.24, 2.45) is 0 Å². The summed E-state index contributed by atoms with van der Waals surface area (Å²) in [5.74, 6) is -0.964. The Kier molecular flexibility index (Phi) is 4.23. The smallest absolute Gasteiger partial charge is 0.269 e. The molecule has 6 heteroatoms. The highest BCUT2D eigenvalue weighted by molar-refractivity contribution is 6.18. The zero-order valence-electron chi connectivity index (χ0n) is 8.97. The number of non-ortho nitro benzene ring substituents is 1. The average Bonchev–Trinajstić information content (AvgIpc) is 2.33. The van der Waals surface area contributed by atoms with E-state index in [4.69, 9.17) is 21.1 Å². The first kappa shape index (κ1) is 12.9. The van der Waals surface area contributed by atoms with Crippen LogP contribution in [0.2, 0.25) is 0 Å². The van der Waals surface area contributed by atoms with Gasteiger partial charge in [0.15, 0.2) is 0 Å². The van der Waals surface area contributed by atoms with Gasteiger partial charge in [-0.05, 0) is 12.1 Å². The van der Waals surface area contributed by atoms with E-state index in [1.54, 1.807) is 12.1 Å². The Hall–Kier alpha value is -1.17. The predicted octanol–water partition coefficient (Wildman–Crippen LogP) is 2.28. The molecule has 0 aliphatic rings. The van der Waals surface area contributed by atoms with Gasteiger partial charge in [0.05, 0.1) is 10.8 Å². The largest absolute Gasteiger partial charge is 0.348 e. The van der Waals surface area contributed by atoms with Gasteiger partial charge < -0.3 is 9.47 Å². The van der Waals surface area contributed by atoms with E-state index in [1.165, 1.54) is 26.4 Å². The van der Waals surface area contributed by atoms with Crippen molar-refractivity contribution in [3.05, 3.63) is 39.9 Å². The van der Waals surface area contributed by atoms with Crippen molar-refractivity contribution in [3.8, 4) is 0 Å². The Morgan fingerprint density at radius 2 is 1.81 bits per heavy atom. The molecule has 0 saturated carbocycles. The monoisotopic (exact) mass is 245 g/mol. The maximum Gasteiger partial charge on any atom is 0.269 e. The van der Waals surface area contributed by atoms with Gasteiger partial charge in [-0.2, -0.15) is 0 Å². The van der Waals surface area contributed by atoms with Crippen molar-refractivity contribution in [3.63, 3.8) is 0 Å². The quantitative estimate of drug-likeness (QED) is 0.346. The van der Waals surface area contributed by atoms with Crippen LogP contribution >= 0.6 is 11.6 Å². The zero-order valence-corrected chi connectivity index (χ0v) is 9.73. The van der Waals surface area contributed by atoms with Gasteiger partial charge in [0.25, 0.3) is 5.69 Å². The van der Waals surface area contributed by atoms with Crippen molar-refractivity contribution < 1.29 is 14.4 Å². The molecule has 0 atom stereocenters. The summed E-state index contributed by atoms with van der Waals surface area (Å²) in [6, 6.07) is 5.89. The molecule has 0 aromatic heterocycles. The number of nitro groups is 1. The number of hydrogen-bond acceptors (Lipinski definition) is 4. The van der Waals surface area contributed by atoms with Crippen LogP contribution in [0.5, 0.6) is 0 Å². The third-order valence-corrected chi connectivity index (χ3v) is 2.71. The van der Waals surface area contributed by atoms with Crippen molar-refractivity contribution in [1.82, 2.24) is 0 Å². The summed E-state index contributed by atoms with van der Waals surface area (Å²) >= 11 is 5.78. The Morgan fingerprint density at radius 1 is 1.31 bits per heavy atom. The predicted molar refractivity (Wildman–Crippen MR) is 59.5 cm³/mol. The molecule has 0 aliphatic heterocycles. The second-order valence-electron chi connectivity index (χ2n) is 3.10. The molecule has 1 aromatic rings. The molecule has 16 heavy (non-hydrogen) atoms. The lowest BCUT2D eigenvalue weighted by atomic mass is 10.1. The molecule has 0 amide bonds. The summed E-state index contributed by atoms with van der Waals surface area (Å²) in [5.41, 5.74) is 0.650. The van der Waals surface area contributed by atoms with Crippen LogP contribution in [-0.4, -0.2) is 25.0 Å². The molecule has 1 rings (SSSR count). The van der Waals surface area contributed by atoms with E-state index in [0.717, 1.165) is 0 Å². The lowest BCUT2D eigenvalue weighted by Gasteiger charge is -2.28. The maximum absolute atomic E-state index is 10.5. The van der Waals surface area contributed by atoms with Crippen LogP contribution in [0.15, 0.2) is 24.3 Å². The van der Waals surface area contributed by atoms with Crippen LogP contribution < -0.4 is 0 Å². The molecule has 0 fully saturated rings. The fourth-order valence-electron chi connectivity index (χ4n) is 1.34. The molecule has 0 radical (unpaired) electrons. The fourth-order valence-corrected chi connectivity index (χ4v) is 1.71. The van der Waals surface area contributed by atoms with E-state index in [9.17, 15) is 10.1 Å². The summed E-state index contributed by atoms with van der Waals surface area (Å²) in [4.78, 5) is 10.0. The minimum atomic E-state index is -1.06. The van der Waals surface area contributed by atoms with E-state index in [2.05, 4.69) is 0 Å². The number of hydrogen-bond donors (Lipinski definition) is 0. The number of methoxy groups -OCH3 is 2. The first-order valence-electron chi connectivity index (χ1n) is 4.51. The second kappa shape index (κ2) is 5.25. The van der Waals surface area contributed by atoms with Gasteiger partial charge in [-0.15, -0.1) is 11.6 Å². The van der Waals surface area contributed by atoms with Gasteiger partial charge in [-0.25, -0.2) is 0 Å². The van der Waals surface area contributed by atoms with Crippen LogP contribution in [0, 0.1) is 10.1 Å². The topological polar surface area (TPSA) is 61.6 Å². The molecule has 0 bridgehead atoms. The molecule has 5 nitrogen and oxygen atoms in total. The molecule has 1 aromatic carbocycles. The highest BCUT2D eigenvalue weighted by atomic mass is 35.5. The minimum absolute atomic E-state index is 0.0134. The van der Waals surface area contributed by atoms with Crippen LogP contribution in [0.1, 0.15) is 5.56 Å². The SMILES string of the molecule is COC(CCl)(OC)c1ccc([N+](=O)[O-])cc1. The molecule has 0 unspecified atom stereocenters. The Bertz CT molecular complexity index is 353. The van der Waals surface area contributed by atoms with Crippen molar-refractivity contribution in [2.75, 3.05) is 20.1 Å².